The second-order valence-electron chi connectivity index (χ2n) is 3.29. The smallest absolute Gasteiger partial charge is 0.210 e. The number of pyridine rings is 1. The fraction of sp³-hybridized carbons (Fsp3) is 0.400. The van der Waals surface area contributed by atoms with Crippen LogP contribution in [-0.4, -0.2) is 22.8 Å². The molecule has 0 spiro atoms. The minimum Gasteiger partial charge on any atom is -0.338 e. The fourth-order valence-electron chi connectivity index (χ4n) is 1.85. The van der Waals surface area contributed by atoms with Crippen molar-refractivity contribution in [2.24, 2.45) is 0 Å². The van der Waals surface area contributed by atoms with Crippen LogP contribution < -0.4 is 0 Å². The van der Waals surface area contributed by atoms with Gasteiger partial charge in [0.1, 0.15) is 0 Å². The highest BCUT2D eigenvalue weighted by Crippen LogP contribution is 2.29. The van der Waals surface area contributed by atoms with Gasteiger partial charge in [-0.25, -0.2) is 0 Å². The van der Waals surface area contributed by atoms with Gasteiger partial charge in [0.15, 0.2) is 0 Å². The van der Waals surface area contributed by atoms with E-state index in [4.69, 9.17) is 0 Å². The molecule has 1 amide bonds. The molecule has 1 aliphatic heterocycles. The average Bonchev–Trinajstić information content (AvgIpc) is 2.67. The zero-order valence-electron chi connectivity index (χ0n) is 7.39. The van der Waals surface area contributed by atoms with E-state index in [-0.39, 0.29) is 6.04 Å². The number of amides is 1. The van der Waals surface area contributed by atoms with Gasteiger partial charge in [0.2, 0.25) is 6.41 Å². The Morgan fingerprint density at radius 1 is 1.62 bits per heavy atom. The molecule has 2 heterocycles. The van der Waals surface area contributed by atoms with Crippen molar-refractivity contribution in [3.8, 4) is 0 Å². The molecule has 68 valence electrons. The first-order valence-corrected chi connectivity index (χ1v) is 4.53. The molecule has 13 heavy (non-hydrogen) atoms. The zero-order valence-corrected chi connectivity index (χ0v) is 7.39. The number of nitrogens with zero attached hydrogens (tertiary/aromatic N) is 2. The van der Waals surface area contributed by atoms with Crippen LogP contribution in [0.5, 0.6) is 0 Å². The Labute approximate surface area is 77.4 Å². The maximum absolute atomic E-state index is 10.7. The van der Waals surface area contributed by atoms with E-state index >= 15 is 0 Å². The van der Waals surface area contributed by atoms with E-state index in [9.17, 15) is 4.79 Å². The van der Waals surface area contributed by atoms with E-state index in [0.29, 0.717) is 0 Å². The highest BCUT2D eigenvalue weighted by Gasteiger charge is 2.24. The Hall–Kier alpha value is -1.38. The molecule has 1 saturated heterocycles. The Morgan fingerprint density at radius 3 is 3.23 bits per heavy atom. The Morgan fingerprint density at radius 2 is 2.54 bits per heavy atom. The molecular formula is C10H12N2O. The maximum atomic E-state index is 10.7. The van der Waals surface area contributed by atoms with Crippen molar-refractivity contribution in [3.63, 3.8) is 0 Å². The third-order valence-electron chi connectivity index (χ3n) is 2.50. The Bertz CT molecular complexity index is 286. The second-order valence-corrected chi connectivity index (χ2v) is 3.29. The third-order valence-corrected chi connectivity index (χ3v) is 2.50. The van der Waals surface area contributed by atoms with E-state index in [1.165, 1.54) is 0 Å². The third kappa shape index (κ3) is 1.54. The van der Waals surface area contributed by atoms with Crippen molar-refractivity contribution in [3.05, 3.63) is 30.1 Å². The van der Waals surface area contributed by atoms with Gasteiger partial charge in [0, 0.05) is 18.9 Å². The lowest BCUT2D eigenvalue weighted by atomic mass is 10.1. The Kier molecular flexibility index (Phi) is 2.25. The summed E-state index contributed by atoms with van der Waals surface area (Å²) in [5.41, 5.74) is 1.15. The molecule has 0 aliphatic carbocycles. The van der Waals surface area contributed by atoms with E-state index < -0.39 is 0 Å². The van der Waals surface area contributed by atoms with Crippen molar-refractivity contribution >= 4 is 6.41 Å². The largest absolute Gasteiger partial charge is 0.338 e. The van der Waals surface area contributed by atoms with Gasteiger partial charge in [0.05, 0.1) is 6.04 Å². The van der Waals surface area contributed by atoms with Crippen LogP contribution in [0.3, 0.4) is 0 Å². The first-order chi connectivity index (χ1) is 6.42. The van der Waals surface area contributed by atoms with Gasteiger partial charge in [-0.3, -0.25) is 9.78 Å². The van der Waals surface area contributed by atoms with Crippen LogP contribution in [0.1, 0.15) is 24.4 Å². The van der Waals surface area contributed by atoms with Gasteiger partial charge in [-0.1, -0.05) is 6.07 Å². The summed E-state index contributed by atoms with van der Waals surface area (Å²) in [5.74, 6) is 0. The second kappa shape index (κ2) is 3.56. The zero-order chi connectivity index (χ0) is 9.10. The molecule has 0 aromatic carbocycles. The van der Waals surface area contributed by atoms with Crippen LogP contribution in [0.15, 0.2) is 24.5 Å². The number of carbonyl (C=O) groups excluding carboxylic acids is 1. The molecule has 1 fully saturated rings. The summed E-state index contributed by atoms with van der Waals surface area (Å²) >= 11 is 0. The fourth-order valence-corrected chi connectivity index (χ4v) is 1.85. The molecule has 1 atom stereocenters. The van der Waals surface area contributed by atoms with Crippen molar-refractivity contribution in [2.45, 2.75) is 18.9 Å². The Balaban J connectivity index is 2.21. The van der Waals surface area contributed by atoms with Gasteiger partial charge in [-0.05, 0) is 24.5 Å². The van der Waals surface area contributed by atoms with Crippen LogP contribution in [0.2, 0.25) is 0 Å². The molecule has 0 bridgehead atoms. The lowest BCUT2D eigenvalue weighted by molar-refractivity contribution is -0.118. The first-order valence-electron chi connectivity index (χ1n) is 4.53. The monoisotopic (exact) mass is 176 g/mol. The van der Waals surface area contributed by atoms with Gasteiger partial charge in [-0.2, -0.15) is 0 Å². The van der Waals surface area contributed by atoms with E-state index in [1.54, 1.807) is 6.20 Å². The minimum atomic E-state index is 0.256. The van der Waals surface area contributed by atoms with Crippen LogP contribution in [0, 0.1) is 0 Å². The number of hydrogen-bond donors (Lipinski definition) is 0. The number of likely N-dealkylation sites (tertiary alicyclic amines) is 1. The lowest BCUT2D eigenvalue weighted by Crippen LogP contribution is -2.21. The van der Waals surface area contributed by atoms with Crippen LogP contribution in [0.25, 0.3) is 0 Å². The lowest BCUT2D eigenvalue weighted by Gasteiger charge is -2.19. The topological polar surface area (TPSA) is 33.2 Å². The van der Waals surface area contributed by atoms with Crippen LogP contribution >= 0.6 is 0 Å². The molecule has 0 unspecified atom stereocenters. The first kappa shape index (κ1) is 8.23. The standard InChI is InChI=1S/C10H12N2O/c13-8-12-6-2-4-10(12)9-3-1-5-11-7-9/h1,3,5,7-8,10H,2,4,6H2/t10-/m1/s1. The van der Waals surface area contributed by atoms with E-state index in [2.05, 4.69) is 4.98 Å². The summed E-state index contributed by atoms with van der Waals surface area (Å²) in [5, 5.41) is 0. The van der Waals surface area contributed by atoms with Gasteiger partial charge < -0.3 is 4.90 Å². The number of carbonyl (C=O) groups is 1. The molecule has 0 radical (unpaired) electrons. The molecule has 3 nitrogen and oxygen atoms in total. The summed E-state index contributed by atoms with van der Waals surface area (Å²) in [6, 6.07) is 4.20. The summed E-state index contributed by atoms with van der Waals surface area (Å²) in [7, 11) is 0. The molecule has 0 saturated carbocycles. The average molecular weight is 176 g/mol. The summed E-state index contributed by atoms with van der Waals surface area (Å²) in [6.45, 7) is 0.878. The highest BCUT2D eigenvalue weighted by atomic mass is 16.1. The van der Waals surface area contributed by atoms with E-state index in [1.807, 2.05) is 23.2 Å². The van der Waals surface area contributed by atoms with E-state index in [0.717, 1.165) is 31.4 Å². The van der Waals surface area contributed by atoms with Crippen LogP contribution in [0.4, 0.5) is 0 Å². The number of hydrogen-bond acceptors (Lipinski definition) is 2. The molecule has 3 heteroatoms. The summed E-state index contributed by atoms with van der Waals surface area (Å²) in [4.78, 5) is 16.6. The SMILES string of the molecule is O=CN1CCC[C@@H]1c1cccnc1. The summed E-state index contributed by atoms with van der Waals surface area (Å²) < 4.78 is 0. The van der Waals surface area contributed by atoms with Crippen molar-refractivity contribution in [1.29, 1.82) is 0 Å². The maximum Gasteiger partial charge on any atom is 0.210 e. The van der Waals surface area contributed by atoms with Gasteiger partial charge in [0.25, 0.3) is 0 Å². The minimum absolute atomic E-state index is 0.256. The highest BCUT2D eigenvalue weighted by molar-refractivity contribution is 5.49. The molecule has 2 rings (SSSR count). The van der Waals surface area contributed by atoms with Crippen LogP contribution in [-0.2, 0) is 4.79 Å². The predicted octanol–water partition coefficient (Wildman–Crippen LogP) is 1.37. The molecule has 1 aromatic heterocycles. The normalized spacial score (nSPS) is 21.8. The quantitative estimate of drug-likeness (QED) is 0.638. The number of rotatable bonds is 2. The molecule has 1 aliphatic rings. The molecular weight excluding hydrogens is 164 g/mol. The molecule has 0 N–H and O–H groups in total. The summed E-state index contributed by atoms with van der Waals surface area (Å²) in [6.07, 6.45) is 6.68. The van der Waals surface area contributed by atoms with Gasteiger partial charge in [-0.15, -0.1) is 0 Å². The number of aromatic nitrogens is 1. The van der Waals surface area contributed by atoms with Crippen molar-refractivity contribution in [2.75, 3.05) is 6.54 Å². The van der Waals surface area contributed by atoms with Crippen molar-refractivity contribution in [1.82, 2.24) is 9.88 Å². The van der Waals surface area contributed by atoms with Gasteiger partial charge >= 0.3 is 0 Å². The van der Waals surface area contributed by atoms with Crippen molar-refractivity contribution < 1.29 is 4.79 Å². The predicted molar refractivity (Wildman–Crippen MR) is 49.0 cm³/mol. The molecule has 1 aromatic rings.